The molecule has 0 aliphatic heterocycles. The molecule has 5 nitrogen and oxygen atoms in total. The Bertz CT molecular complexity index is 566. The van der Waals surface area contributed by atoms with Crippen molar-refractivity contribution in [1.29, 1.82) is 0 Å². The zero-order chi connectivity index (χ0) is 12.4. The van der Waals surface area contributed by atoms with E-state index in [1.54, 1.807) is 19.1 Å². The molecule has 2 aromatic rings. The van der Waals surface area contributed by atoms with Gasteiger partial charge in [0.05, 0.1) is 17.0 Å². The number of alkyl halides is 1. The molecule has 0 unspecified atom stereocenters. The van der Waals surface area contributed by atoms with Crippen LogP contribution in [0.5, 0.6) is 0 Å². The zero-order valence-electron chi connectivity index (χ0n) is 9.01. The molecule has 0 amide bonds. The highest BCUT2D eigenvalue weighted by atomic mass is 35.5. The third-order valence-electron chi connectivity index (χ3n) is 2.44. The first kappa shape index (κ1) is 11.6. The fourth-order valence-electron chi connectivity index (χ4n) is 1.58. The quantitative estimate of drug-likeness (QED) is 0.477. The molecule has 2 rings (SSSR count). The molecule has 0 saturated carbocycles. The van der Waals surface area contributed by atoms with Crippen molar-refractivity contribution in [2.24, 2.45) is 0 Å². The first-order chi connectivity index (χ1) is 8.13. The van der Waals surface area contributed by atoms with Crippen molar-refractivity contribution in [2.75, 3.05) is 0 Å². The van der Waals surface area contributed by atoms with Gasteiger partial charge in [-0.25, -0.2) is 4.98 Å². The van der Waals surface area contributed by atoms with E-state index in [0.29, 0.717) is 22.8 Å². The van der Waals surface area contributed by atoms with Crippen LogP contribution in [0.1, 0.15) is 11.5 Å². The van der Waals surface area contributed by atoms with Gasteiger partial charge in [0.2, 0.25) is 5.89 Å². The number of hydrogen-bond donors (Lipinski definition) is 0. The van der Waals surface area contributed by atoms with Crippen LogP contribution in [-0.4, -0.2) is 9.91 Å². The van der Waals surface area contributed by atoms with Crippen LogP contribution in [0.3, 0.4) is 0 Å². The molecule has 1 heterocycles. The lowest BCUT2D eigenvalue weighted by Gasteiger charge is -2.02. The summed E-state index contributed by atoms with van der Waals surface area (Å²) >= 11 is 5.58. The summed E-state index contributed by atoms with van der Waals surface area (Å²) in [6, 6.07) is 4.82. The average Bonchev–Trinajstić information content (AvgIpc) is 2.77. The molecule has 88 valence electrons. The topological polar surface area (TPSA) is 69.2 Å². The van der Waals surface area contributed by atoms with Gasteiger partial charge in [-0.1, -0.05) is 12.1 Å². The predicted molar refractivity (Wildman–Crippen MR) is 62.9 cm³/mol. The smallest absolute Gasteiger partial charge is 0.273 e. The van der Waals surface area contributed by atoms with E-state index in [2.05, 4.69) is 4.98 Å². The highest BCUT2D eigenvalue weighted by Gasteiger charge is 2.16. The lowest BCUT2D eigenvalue weighted by atomic mass is 10.1. The maximum atomic E-state index is 10.8. The Balaban J connectivity index is 2.52. The standard InChI is InChI=1S/C11H9ClN2O3/c1-7-8(3-2-4-9(7)14(15)16)10-6-13-11(5-12)17-10/h2-4,6H,5H2,1H3. The number of nitro benzene ring substituents is 1. The molecule has 0 saturated heterocycles. The Morgan fingerprint density at radius 1 is 1.53 bits per heavy atom. The molecule has 0 bridgehead atoms. The van der Waals surface area contributed by atoms with Crippen molar-refractivity contribution in [3.05, 3.63) is 46.0 Å². The third kappa shape index (κ3) is 2.14. The Hall–Kier alpha value is -1.88. The van der Waals surface area contributed by atoms with Gasteiger partial charge in [-0.15, -0.1) is 11.6 Å². The number of oxazole rings is 1. The summed E-state index contributed by atoms with van der Waals surface area (Å²) in [5, 5.41) is 10.8. The number of benzene rings is 1. The second kappa shape index (κ2) is 4.55. The van der Waals surface area contributed by atoms with Crippen molar-refractivity contribution in [3.8, 4) is 11.3 Å². The molecular formula is C11H9ClN2O3. The maximum Gasteiger partial charge on any atom is 0.273 e. The van der Waals surface area contributed by atoms with Crippen LogP contribution in [0.15, 0.2) is 28.8 Å². The second-order valence-electron chi connectivity index (χ2n) is 3.46. The Morgan fingerprint density at radius 2 is 2.29 bits per heavy atom. The molecule has 0 spiro atoms. The Kier molecular flexibility index (Phi) is 3.10. The maximum absolute atomic E-state index is 10.8. The van der Waals surface area contributed by atoms with E-state index in [-0.39, 0.29) is 11.6 Å². The van der Waals surface area contributed by atoms with Gasteiger partial charge < -0.3 is 4.42 Å². The average molecular weight is 253 g/mol. The van der Waals surface area contributed by atoms with Gasteiger partial charge in [0.1, 0.15) is 0 Å². The van der Waals surface area contributed by atoms with Crippen molar-refractivity contribution in [3.63, 3.8) is 0 Å². The second-order valence-corrected chi connectivity index (χ2v) is 3.73. The first-order valence-corrected chi connectivity index (χ1v) is 5.42. The first-order valence-electron chi connectivity index (χ1n) is 4.88. The molecule has 0 aliphatic carbocycles. The van der Waals surface area contributed by atoms with Crippen LogP contribution >= 0.6 is 11.6 Å². The number of rotatable bonds is 3. The molecule has 0 atom stereocenters. The van der Waals surface area contributed by atoms with E-state index in [9.17, 15) is 10.1 Å². The van der Waals surface area contributed by atoms with Crippen LogP contribution in [0.4, 0.5) is 5.69 Å². The Morgan fingerprint density at radius 3 is 2.88 bits per heavy atom. The normalized spacial score (nSPS) is 10.5. The van der Waals surface area contributed by atoms with Crippen LogP contribution < -0.4 is 0 Å². The van der Waals surface area contributed by atoms with E-state index in [1.807, 2.05) is 0 Å². The zero-order valence-corrected chi connectivity index (χ0v) is 9.77. The van der Waals surface area contributed by atoms with Crippen molar-refractivity contribution < 1.29 is 9.34 Å². The van der Waals surface area contributed by atoms with Gasteiger partial charge in [0.25, 0.3) is 5.69 Å². The number of nitro groups is 1. The minimum absolute atomic E-state index is 0.0614. The Labute approximate surface area is 102 Å². The van der Waals surface area contributed by atoms with Crippen molar-refractivity contribution >= 4 is 17.3 Å². The lowest BCUT2D eigenvalue weighted by molar-refractivity contribution is -0.385. The molecule has 1 aromatic carbocycles. The number of halogens is 1. The van der Waals surface area contributed by atoms with Gasteiger partial charge in [0, 0.05) is 17.2 Å². The van der Waals surface area contributed by atoms with Gasteiger partial charge in [-0.05, 0) is 6.92 Å². The van der Waals surface area contributed by atoms with Gasteiger partial charge in [-0.2, -0.15) is 0 Å². The summed E-state index contributed by atoms with van der Waals surface area (Å²) in [7, 11) is 0. The number of hydrogen-bond acceptors (Lipinski definition) is 4. The molecule has 0 N–H and O–H groups in total. The predicted octanol–water partition coefficient (Wildman–Crippen LogP) is 3.30. The molecule has 0 radical (unpaired) electrons. The highest BCUT2D eigenvalue weighted by Crippen LogP contribution is 2.30. The molecule has 1 aromatic heterocycles. The summed E-state index contributed by atoms with van der Waals surface area (Å²) < 4.78 is 5.37. The van der Waals surface area contributed by atoms with Crippen molar-refractivity contribution in [2.45, 2.75) is 12.8 Å². The van der Waals surface area contributed by atoms with E-state index in [1.165, 1.54) is 12.3 Å². The van der Waals surface area contributed by atoms with Crippen LogP contribution in [-0.2, 0) is 5.88 Å². The molecule has 0 fully saturated rings. The monoisotopic (exact) mass is 252 g/mol. The molecule has 17 heavy (non-hydrogen) atoms. The number of nitrogens with zero attached hydrogens (tertiary/aromatic N) is 2. The van der Waals surface area contributed by atoms with E-state index in [0.717, 1.165) is 0 Å². The fourth-order valence-corrected chi connectivity index (χ4v) is 1.71. The van der Waals surface area contributed by atoms with Crippen LogP contribution in [0, 0.1) is 17.0 Å². The lowest BCUT2D eigenvalue weighted by Crippen LogP contribution is -1.93. The van der Waals surface area contributed by atoms with Crippen LogP contribution in [0.25, 0.3) is 11.3 Å². The third-order valence-corrected chi connectivity index (χ3v) is 2.66. The minimum atomic E-state index is -0.419. The fraction of sp³-hybridized carbons (Fsp3) is 0.182. The van der Waals surface area contributed by atoms with E-state index in [4.69, 9.17) is 16.0 Å². The minimum Gasteiger partial charge on any atom is -0.439 e. The molecule has 6 heteroatoms. The summed E-state index contributed by atoms with van der Waals surface area (Å²) in [6.07, 6.45) is 1.52. The molecular weight excluding hydrogens is 244 g/mol. The van der Waals surface area contributed by atoms with Gasteiger partial charge in [0.15, 0.2) is 5.76 Å². The largest absolute Gasteiger partial charge is 0.439 e. The van der Waals surface area contributed by atoms with Gasteiger partial charge in [-0.3, -0.25) is 10.1 Å². The summed E-state index contributed by atoms with van der Waals surface area (Å²) in [4.78, 5) is 14.3. The van der Waals surface area contributed by atoms with E-state index >= 15 is 0 Å². The summed E-state index contributed by atoms with van der Waals surface area (Å²) in [6.45, 7) is 1.68. The number of aromatic nitrogens is 1. The highest BCUT2D eigenvalue weighted by molar-refractivity contribution is 6.16. The van der Waals surface area contributed by atoms with E-state index < -0.39 is 4.92 Å². The van der Waals surface area contributed by atoms with Crippen LogP contribution in [0.2, 0.25) is 0 Å². The van der Waals surface area contributed by atoms with Gasteiger partial charge >= 0.3 is 0 Å². The summed E-state index contributed by atoms with van der Waals surface area (Å²) in [5.41, 5.74) is 1.27. The SMILES string of the molecule is Cc1c(-c2cnc(CCl)o2)cccc1[N+](=O)[O-]. The van der Waals surface area contributed by atoms with Crippen molar-refractivity contribution in [1.82, 2.24) is 4.98 Å². The summed E-state index contributed by atoms with van der Waals surface area (Å²) in [5.74, 6) is 1.06. The molecule has 0 aliphatic rings.